The predicted molar refractivity (Wildman–Crippen MR) is 104 cm³/mol. The highest BCUT2D eigenvalue weighted by Gasteiger charge is 2.10. The van der Waals surface area contributed by atoms with Gasteiger partial charge in [-0.3, -0.25) is 9.59 Å². The van der Waals surface area contributed by atoms with Crippen LogP contribution in [0.15, 0.2) is 52.9 Å². The molecule has 0 saturated heterocycles. The molecular formula is C19H17FN2O3S2. The third-order valence-corrected chi connectivity index (χ3v) is 5.75. The maximum atomic E-state index is 12.8. The van der Waals surface area contributed by atoms with Crippen LogP contribution in [0.4, 0.5) is 4.39 Å². The number of ether oxygens (including phenoxy) is 1. The number of carbonyl (C=O) groups is 2. The Kier molecular flexibility index (Phi) is 6.78. The lowest BCUT2D eigenvalue weighted by atomic mass is 10.1. The highest BCUT2D eigenvalue weighted by atomic mass is 32.2. The molecule has 0 bridgehead atoms. The van der Waals surface area contributed by atoms with E-state index in [4.69, 9.17) is 4.74 Å². The average molecular weight is 404 g/mol. The van der Waals surface area contributed by atoms with Gasteiger partial charge in [-0.1, -0.05) is 36.0 Å². The summed E-state index contributed by atoms with van der Waals surface area (Å²) in [5.41, 5.74) is 1.82. The van der Waals surface area contributed by atoms with Crippen LogP contribution in [0.25, 0.3) is 10.2 Å². The van der Waals surface area contributed by atoms with Gasteiger partial charge in [-0.15, -0.1) is 11.3 Å². The number of rotatable bonds is 8. The summed E-state index contributed by atoms with van der Waals surface area (Å²) in [6.45, 7) is 0.0745. The van der Waals surface area contributed by atoms with Gasteiger partial charge < -0.3 is 10.1 Å². The Bertz CT molecular complexity index is 895. The zero-order chi connectivity index (χ0) is 19.1. The SMILES string of the molecule is O=C(COC(=O)CSc1nc2ccccc2s1)NCCc1ccc(F)cc1. The Hall–Kier alpha value is -2.45. The molecule has 1 heterocycles. The van der Waals surface area contributed by atoms with Crippen LogP contribution in [0.2, 0.25) is 0 Å². The van der Waals surface area contributed by atoms with Gasteiger partial charge in [0.1, 0.15) is 5.82 Å². The molecule has 0 aliphatic rings. The van der Waals surface area contributed by atoms with Crippen molar-refractivity contribution in [1.82, 2.24) is 10.3 Å². The van der Waals surface area contributed by atoms with E-state index in [1.807, 2.05) is 24.3 Å². The lowest BCUT2D eigenvalue weighted by Gasteiger charge is -2.06. The average Bonchev–Trinajstić information content (AvgIpc) is 3.09. The van der Waals surface area contributed by atoms with Gasteiger partial charge in [0, 0.05) is 6.54 Å². The molecule has 0 atom stereocenters. The molecule has 27 heavy (non-hydrogen) atoms. The van der Waals surface area contributed by atoms with E-state index in [0.717, 1.165) is 20.1 Å². The van der Waals surface area contributed by atoms with E-state index >= 15 is 0 Å². The Balaban J connectivity index is 1.33. The van der Waals surface area contributed by atoms with Gasteiger partial charge in [0.2, 0.25) is 0 Å². The zero-order valence-corrected chi connectivity index (χ0v) is 15.9. The number of benzene rings is 2. The number of aromatic nitrogens is 1. The van der Waals surface area contributed by atoms with Crippen molar-refractivity contribution in [3.63, 3.8) is 0 Å². The first-order valence-electron chi connectivity index (χ1n) is 8.25. The van der Waals surface area contributed by atoms with Crippen LogP contribution in [0, 0.1) is 5.82 Å². The Morgan fingerprint density at radius 3 is 2.70 bits per heavy atom. The van der Waals surface area contributed by atoms with Crippen LogP contribution >= 0.6 is 23.1 Å². The van der Waals surface area contributed by atoms with Crippen molar-refractivity contribution >= 4 is 45.2 Å². The molecule has 0 unspecified atom stereocenters. The standard InChI is InChI=1S/C19H17FN2O3S2/c20-14-7-5-13(6-8-14)9-10-21-17(23)11-25-18(24)12-26-19-22-15-3-1-2-4-16(15)27-19/h1-8H,9-12H2,(H,21,23). The van der Waals surface area contributed by atoms with E-state index in [1.54, 1.807) is 12.1 Å². The zero-order valence-electron chi connectivity index (χ0n) is 14.3. The Morgan fingerprint density at radius 2 is 1.93 bits per heavy atom. The van der Waals surface area contributed by atoms with Crippen molar-refractivity contribution in [2.24, 2.45) is 0 Å². The summed E-state index contributed by atoms with van der Waals surface area (Å²) in [6.07, 6.45) is 0.577. The molecule has 1 aromatic heterocycles. The maximum absolute atomic E-state index is 12.8. The number of amides is 1. The second-order valence-electron chi connectivity index (χ2n) is 5.62. The highest BCUT2D eigenvalue weighted by Crippen LogP contribution is 2.29. The smallest absolute Gasteiger partial charge is 0.316 e. The number of hydrogen-bond acceptors (Lipinski definition) is 6. The van der Waals surface area contributed by atoms with Gasteiger partial charge in [0.15, 0.2) is 10.9 Å². The lowest BCUT2D eigenvalue weighted by Crippen LogP contribution is -2.30. The predicted octanol–water partition coefficient (Wildman–Crippen LogP) is 3.43. The largest absolute Gasteiger partial charge is 0.455 e. The summed E-state index contributed by atoms with van der Waals surface area (Å²) in [6, 6.07) is 13.8. The Morgan fingerprint density at radius 1 is 1.15 bits per heavy atom. The molecule has 8 heteroatoms. The molecule has 0 aliphatic heterocycles. The van der Waals surface area contributed by atoms with E-state index < -0.39 is 5.97 Å². The number of carbonyl (C=O) groups excluding carboxylic acids is 2. The van der Waals surface area contributed by atoms with E-state index in [1.165, 1.54) is 35.2 Å². The number of halogens is 1. The molecule has 3 rings (SSSR count). The first-order chi connectivity index (χ1) is 13.1. The van der Waals surface area contributed by atoms with Crippen LogP contribution < -0.4 is 5.32 Å². The summed E-state index contributed by atoms with van der Waals surface area (Å²) in [5, 5.41) is 2.67. The molecular weight excluding hydrogens is 387 g/mol. The lowest BCUT2D eigenvalue weighted by molar-refractivity contribution is -0.145. The number of esters is 1. The number of thiazole rings is 1. The van der Waals surface area contributed by atoms with Gasteiger partial charge in [-0.05, 0) is 36.2 Å². The minimum absolute atomic E-state index is 0.0999. The molecule has 0 fully saturated rings. The van der Waals surface area contributed by atoms with Crippen molar-refractivity contribution in [3.8, 4) is 0 Å². The first kappa shape index (κ1) is 19.3. The molecule has 0 radical (unpaired) electrons. The molecule has 0 aliphatic carbocycles. The van der Waals surface area contributed by atoms with Crippen molar-refractivity contribution < 1.29 is 18.7 Å². The summed E-state index contributed by atoms with van der Waals surface area (Å²) < 4.78 is 19.6. The van der Waals surface area contributed by atoms with Gasteiger partial charge >= 0.3 is 5.97 Å². The maximum Gasteiger partial charge on any atom is 0.316 e. The minimum atomic E-state index is -0.465. The van der Waals surface area contributed by atoms with Gasteiger partial charge in [-0.2, -0.15) is 0 Å². The fraction of sp³-hybridized carbons (Fsp3) is 0.211. The molecule has 0 saturated carbocycles. The third-order valence-electron chi connectivity index (χ3n) is 3.60. The van der Waals surface area contributed by atoms with Crippen LogP contribution in [0.5, 0.6) is 0 Å². The molecule has 0 spiro atoms. The second kappa shape index (κ2) is 9.48. The van der Waals surface area contributed by atoms with Crippen LogP contribution in [-0.4, -0.2) is 35.8 Å². The first-order valence-corrected chi connectivity index (χ1v) is 10.1. The van der Waals surface area contributed by atoms with Gasteiger partial charge in [0.25, 0.3) is 5.91 Å². The molecule has 1 N–H and O–H groups in total. The normalized spacial score (nSPS) is 10.7. The van der Waals surface area contributed by atoms with Gasteiger partial charge in [-0.25, -0.2) is 9.37 Å². The van der Waals surface area contributed by atoms with E-state index in [9.17, 15) is 14.0 Å². The van der Waals surface area contributed by atoms with Crippen LogP contribution in [0.1, 0.15) is 5.56 Å². The molecule has 3 aromatic rings. The summed E-state index contributed by atoms with van der Waals surface area (Å²) in [4.78, 5) is 27.9. The van der Waals surface area contributed by atoms with Gasteiger partial charge in [0.05, 0.1) is 16.0 Å². The number of para-hydroxylation sites is 1. The quantitative estimate of drug-likeness (QED) is 0.460. The number of thioether (sulfide) groups is 1. The number of hydrogen-bond donors (Lipinski definition) is 1. The fourth-order valence-electron chi connectivity index (χ4n) is 2.27. The van der Waals surface area contributed by atoms with E-state index in [2.05, 4.69) is 10.3 Å². The van der Waals surface area contributed by atoms with Crippen molar-refractivity contribution in [1.29, 1.82) is 0 Å². The van der Waals surface area contributed by atoms with E-state index in [0.29, 0.717) is 13.0 Å². The molecule has 5 nitrogen and oxygen atoms in total. The summed E-state index contributed by atoms with van der Waals surface area (Å²) in [5.74, 6) is -1.02. The van der Waals surface area contributed by atoms with Crippen molar-refractivity contribution in [2.45, 2.75) is 10.8 Å². The number of fused-ring (bicyclic) bond motifs is 1. The second-order valence-corrected chi connectivity index (χ2v) is 7.88. The summed E-state index contributed by atoms with van der Waals surface area (Å²) >= 11 is 2.81. The minimum Gasteiger partial charge on any atom is -0.455 e. The monoisotopic (exact) mass is 404 g/mol. The molecule has 1 amide bonds. The topological polar surface area (TPSA) is 68.3 Å². The Labute approximate surface area is 163 Å². The molecule has 2 aromatic carbocycles. The number of nitrogens with zero attached hydrogens (tertiary/aromatic N) is 1. The van der Waals surface area contributed by atoms with E-state index in [-0.39, 0.29) is 24.1 Å². The van der Waals surface area contributed by atoms with Crippen molar-refractivity contribution in [3.05, 3.63) is 59.9 Å². The third kappa shape index (κ3) is 6.04. The number of nitrogens with one attached hydrogen (secondary N) is 1. The van der Waals surface area contributed by atoms with Crippen molar-refractivity contribution in [2.75, 3.05) is 18.9 Å². The molecule has 140 valence electrons. The van der Waals surface area contributed by atoms with Crippen LogP contribution in [-0.2, 0) is 20.7 Å². The summed E-state index contributed by atoms with van der Waals surface area (Å²) in [7, 11) is 0. The highest BCUT2D eigenvalue weighted by molar-refractivity contribution is 8.01. The van der Waals surface area contributed by atoms with Crippen LogP contribution in [0.3, 0.4) is 0 Å². The fourth-order valence-corrected chi connectivity index (χ4v) is 4.14.